The van der Waals surface area contributed by atoms with Crippen molar-refractivity contribution < 1.29 is 8.37 Å². The zero-order valence-electron chi connectivity index (χ0n) is 8.34. The highest BCUT2D eigenvalue weighted by Crippen LogP contribution is 2.54. The monoisotopic (exact) mass is 192 g/mol. The predicted molar refractivity (Wildman–Crippen MR) is 54.4 cm³/mol. The van der Waals surface area contributed by atoms with Gasteiger partial charge in [0.1, 0.15) is 0 Å². The van der Waals surface area contributed by atoms with Crippen LogP contribution in [-0.4, -0.2) is 25.7 Å². The van der Waals surface area contributed by atoms with Crippen LogP contribution in [0.3, 0.4) is 0 Å². The van der Waals surface area contributed by atoms with Crippen LogP contribution in [0, 0.1) is 0 Å². The minimum absolute atomic E-state index is 0.668. The molecule has 1 aliphatic rings. The molecule has 0 aromatic rings. The van der Waals surface area contributed by atoms with Gasteiger partial charge in [0.25, 0.3) is 0 Å². The molecule has 2 nitrogen and oxygen atoms in total. The van der Waals surface area contributed by atoms with E-state index in [1.54, 1.807) is 14.2 Å². The van der Waals surface area contributed by atoms with Crippen molar-refractivity contribution in [3.63, 3.8) is 0 Å². The van der Waals surface area contributed by atoms with Gasteiger partial charge in [-0.3, -0.25) is 8.37 Å². The van der Waals surface area contributed by atoms with E-state index in [0.717, 1.165) is 0 Å². The standard InChI is InChI=1S/C9H20O2S/c1-10-12(3,11-2)9-7-5-4-6-8-9/h9H,4-8H2,1-3H3. The second-order valence-corrected chi connectivity index (χ2v) is 6.42. The lowest BCUT2D eigenvalue weighted by molar-refractivity contribution is 0.329. The SMILES string of the molecule is COS(C)(OC)C1CCCCC1. The van der Waals surface area contributed by atoms with Crippen molar-refractivity contribution in [3.05, 3.63) is 0 Å². The molecule has 0 atom stereocenters. The Morgan fingerprint density at radius 2 is 1.50 bits per heavy atom. The summed E-state index contributed by atoms with van der Waals surface area (Å²) in [6.07, 6.45) is 8.78. The lowest BCUT2D eigenvalue weighted by Gasteiger charge is -2.45. The molecular formula is C9H20O2S. The Kier molecular flexibility index (Phi) is 3.87. The van der Waals surface area contributed by atoms with Gasteiger partial charge in [0.15, 0.2) is 0 Å². The normalized spacial score (nSPS) is 22.6. The summed E-state index contributed by atoms with van der Waals surface area (Å²) >= 11 is 0. The summed E-state index contributed by atoms with van der Waals surface area (Å²) in [4.78, 5) is 0. The Balaban J connectivity index is 2.51. The number of rotatable bonds is 3. The highest BCUT2D eigenvalue weighted by Gasteiger charge is 2.26. The van der Waals surface area contributed by atoms with Crippen LogP contribution >= 0.6 is 10.6 Å². The van der Waals surface area contributed by atoms with Gasteiger partial charge in [0.2, 0.25) is 0 Å². The van der Waals surface area contributed by atoms with Crippen molar-refractivity contribution in [2.45, 2.75) is 37.4 Å². The number of hydrogen-bond donors (Lipinski definition) is 0. The quantitative estimate of drug-likeness (QED) is 0.684. The van der Waals surface area contributed by atoms with Gasteiger partial charge in [-0.25, -0.2) is 0 Å². The molecule has 74 valence electrons. The van der Waals surface area contributed by atoms with E-state index in [2.05, 4.69) is 6.26 Å². The average Bonchev–Trinajstić information content (AvgIpc) is 2.18. The second-order valence-electron chi connectivity index (χ2n) is 3.42. The predicted octanol–water partition coefficient (Wildman–Crippen LogP) is 2.88. The lowest BCUT2D eigenvalue weighted by Crippen LogP contribution is -2.22. The van der Waals surface area contributed by atoms with Crippen molar-refractivity contribution in [2.24, 2.45) is 0 Å². The van der Waals surface area contributed by atoms with Crippen molar-refractivity contribution in [1.82, 2.24) is 0 Å². The maximum atomic E-state index is 5.49. The largest absolute Gasteiger partial charge is 0.288 e. The summed E-state index contributed by atoms with van der Waals surface area (Å²) in [5.41, 5.74) is 0. The number of hydrogen-bond acceptors (Lipinski definition) is 2. The Morgan fingerprint density at radius 1 is 1.00 bits per heavy atom. The first-order chi connectivity index (χ1) is 5.73. The van der Waals surface area contributed by atoms with E-state index in [1.165, 1.54) is 32.1 Å². The van der Waals surface area contributed by atoms with Crippen molar-refractivity contribution in [1.29, 1.82) is 0 Å². The molecule has 0 amide bonds. The molecule has 0 aromatic heterocycles. The van der Waals surface area contributed by atoms with Crippen LogP contribution in [0.4, 0.5) is 0 Å². The summed E-state index contributed by atoms with van der Waals surface area (Å²) in [7, 11) is 2.33. The molecule has 0 radical (unpaired) electrons. The van der Waals surface area contributed by atoms with Crippen LogP contribution < -0.4 is 0 Å². The Labute approximate surface area is 77.4 Å². The molecule has 12 heavy (non-hydrogen) atoms. The minimum atomic E-state index is -1.22. The Bertz CT molecular complexity index is 128. The topological polar surface area (TPSA) is 18.5 Å². The summed E-state index contributed by atoms with van der Waals surface area (Å²) < 4.78 is 11.0. The molecule has 1 rings (SSSR count). The third-order valence-electron chi connectivity index (χ3n) is 2.82. The molecule has 0 spiro atoms. The fourth-order valence-electron chi connectivity index (χ4n) is 1.83. The molecule has 0 unspecified atom stereocenters. The molecule has 1 aliphatic carbocycles. The van der Waals surface area contributed by atoms with Crippen molar-refractivity contribution >= 4 is 10.6 Å². The molecule has 0 N–H and O–H groups in total. The Hall–Kier alpha value is 0.270. The zero-order valence-corrected chi connectivity index (χ0v) is 9.15. The zero-order chi connectivity index (χ0) is 9.03. The molecule has 0 aliphatic heterocycles. The van der Waals surface area contributed by atoms with Crippen LogP contribution in [0.2, 0.25) is 0 Å². The highest BCUT2D eigenvalue weighted by atomic mass is 32.3. The van der Waals surface area contributed by atoms with Gasteiger partial charge < -0.3 is 0 Å². The first-order valence-corrected chi connectivity index (χ1v) is 6.56. The summed E-state index contributed by atoms with van der Waals surface area (Å²) in [6.45, 7) is 0. The molecule has 1 fully saturated rings. The van der Waals surface area contributed by atoms with Gasteiger partial charge in [0.05, 0.1) is 14.2 Å². The molecular weight excluding hydrogens is 172 g/mol. The van der Waals surface area contributed by atoms with Gasteiger partial charge in [-0.15, -0.1) is 0 Å². The minimum Gasteiger partial charge on any atom is -0.288 e. The Morgan fingerprint density at radius 3 is 1.92 bits per heavy atom. The van der Waals surface area contributed by atoms with Crippen LogP contribution in [0.15, 0.2) is 0 Å². The summed E-state index contributed by atoms with van der Waals surface area (Å²) in [5, 5.41) is 0.668. The van der Waals surface area contributed by atoms with Gasteiger partial charge >= 0.3 is 0 Å². The first kappa shape index (κ1) is 10.4. The van der Waals surface area contributed by atoms with E-state index >= 15 is 0 Å². The lowest BCUT2D eigenvalue weighted by atomic mass is 10.0. The average molecular weight is 192 g/mol. The van der Waals surface area contributed by atoms with E-state index in [-0.39, 0.29) is 0 Å². The fraction of sp³-hybridized carbons (Fsp3) is 1.00. The molecule has 3 heteroatoms. The molecule has 0 heterocycles. The first-order valence-electron chi connectivity index (χ1n) is 4.61. The van der Waals surface area contributed by atoms with Gasteiger partial charge in [-0.05, 0) is 12.8 Å². The van der Waals surface area contributed by atoms with E-state index in [0.29, 0.717) is 5.25 Å². The summed E-state index contributed by atoms with van der Waals surface area (Å²) in [5.74, 6) is 0. The maximum absolute atomic E-state index is 5.49. The van der Waals surface area contributed by atoms with Crippen LogP contribution in [0.1, 0.15) is 32.1 Å². The van der Waals surface area contributed by atoms with Gasteiger partial charge in [-0.2, -0.15) is 10.6 Å². The van der Waals surface area contributed by atoms with E-state index in [9.17, 15) is 0 Å². The van der Waals surface area contributed by atoms with Crippen molar-refractivity contribution in [3.8, 4) is 0 Å². The van der Waals surface area contributed by atoms with E-state index < -0.39 is 10.6 Å². The van der Waals surface area contributed by atoms with Crippen molar-refractivity contribution in [2.75, 3.05) is 20.5 Å². The third-order valence-corrected chi connectivity index (χ3v) is 5.83. The molecule has 1 saturated carbocycles. The smallest absolute Gasteiger partial charge is 0.0604 e. The highest BCUT2D eigenvalue weighted by molar-refractivity contribution is 8.25. The van der Waals surface area contributed by atoms with Gasteiger partial charge in [-0.1, -0.05) is 19.3 Å². The molecule has 0 bridgehead atoms. The van der Waals surface area contributed by atoms with Crippen LogP contribution in [0.25, 0.3) is 0 Å². The molecule has 0 saturated heterocycles. The fourth-order valence-corrected chi connectivity index (χ4v) is 3.70. The van der Waals surface area contributed by atoms with E-state index in [4.69, 9.17) is 8.37 Å². The molecule has 0 aromatic carbocycles. The summed E-state index contributed by atoms with van der Waals surface area (Å²) in [6, 6.07) is 0. The van der Waals surface area contributed by atoms with Crippen LogP contribution in [0.5, 0.6) is 0 Å². The van der Waals surface area contributed by atoms with Crippen LogP contribution in [-0.2, 0) is 8.37 Å². The second kappa shape index (κ2) is 4.49. The third kappa shape index (κ3) is 2.15. The maximum Gasteiger partial charge on any atom is 0.0604 e. The van der Waals surface area contributed by atoms with Gasteiger partial charge in [0, 0.05) is 11.5 Å². The van der Waals surface area contributed by atoms with E-state index in [1.807, 2.05) is 0 Å².